The Morgan fingerprint density at radius 1 is 0.711 bits per heavy atom. The van der Waals surface area contributed by atoms with Gasteiger partial charge in [-0.25, -0.2) is 8.42 Å². The van der Waals surface area contributed by atoms with E-state index < -0.39 is 10.0 Å². The van der Waals surface area contributed by atoms with Gasteiger partial charge in [-0.2, -0.15) is 0 Å². The molecule has 0 amide bonds. The summed E-state index contributed by atoms with van der Waals surface area (Å²) in [6, 6.07) is 4.17. The van der Waals surface area contributed by atoms with E-state index in [0.29, 0.717) is 17.4 Å². The van der Waals surface area contributed by atoms with Gasteiger partial charge in [0, 0.05) is 16.3 Å². The van der Waals surface area contributed by atoms with Crippen molar-refractivity contribution >= 4 is 38.4 Å². The number of unbranched alkanes of at least 4 members (excludes halogenated alkanes) is 8. The number of anilines is 1. The van der Waals surface area contributed by atoms with Gasteiger partial charge in [-0.3, -0.25) is 4.31 Å². The Bertz CT molecular complexity index is 1130. The third-order valence-corrected chi connectivity index (χ3v) is 13.0. The van der Waals surface area contributed by atoms with Gasteiger partial charge in [-0.1, -0.05) is 120 Å². The predicted octanol–water partition coefficient (Wildman–Crippen LogP) is 10.9. The monoisotopic (exact) mass is 579 g/mol. The molecule has 0 aromatic carbocycles. The van der Waals surface area contributed by atoms with Gasteiger partial charge in [-0.15, -0.1) is 22.7 Å². The lowest BCUT2D eigenvalue weighted by atomic mass is 9.93. The Kier molecular flexibility index (Phi) is 11.0. The number of thiophene rings is 2. The highest BCUT2D eigenvalue weighted by Crippen LogP contribution is 2.54. The first kappa shape index (κ1) is 31.7. The molecule has 0 fully saturated rings. The Morgan fingerprint density at radius 2 is 1.18 bits per heavy atom. The van der Waals surface area contributed by atoms with Gasteiger partial charge in [0.1, 0.15) is 4.90 Å². The van der Waals surface area contributed by atoms with Gasteiger partial charge in [0.05, 0.1) is 15.4 Å². The van der Waals surface area contributed by atoms with Crippen molar-refractivity contribution in [1.82, 2.24) is 0 Å². The predicted molar refractivity (Wildman–Crippen MR) is 170 cm³/mol. The average molecular weight is 580 g/mol. The van der Waals surface area contributed by atoms with Gasteiger partial charge >= 0.3 is 0 Å². The maximum atomic E-state index is 14.3. The lowest BCUT2D eigenvalue weighted by Gasteiger charge is -2.32. The molecule has 0 N–H and O–H groups in total. The van der Waals surface area contributed by atoms with Crippen LogP contribution in [0.5, 0.6) is 0 Å². The third-order valence-electron chi connectivity index (χ3n) is 7.79. The largest absolute Gasteiger partial charge is 0.265 e. The highest BCUT2D eigenvalue weighted by molar-refractivity contribution is 7.93. The SMILES string of the molecule is CCCCCCCCC(CCCCCC)CN1c2cc(C(C)(C)C)sc2-c2sc(C(C)(C)C)cc2S1(=O)=O. The highest BCUT2D eigenvalue weighted by atomic mass is 32.2. The summed E-state index contributed by atoms with van der Waals surface area (Å²) >= 11 is 3.48. The number of hydrogen-bond acceptors (Lipinski definition) is 4. The number of rotatable bonds is 14. The van der Waals surface area contributed by atoms with E-state index in [9.17, 15) is 8.42 Å². The summed E-state index contributed by atoms with van der Waals surface area (Å²) in [5, 5.41) is 0. The quantitative estimate of drug-likeness (QED) is 0.209. The molecule has 0 spiro atoms. The van der Waals surface area contributed by atoms with Crippen LogP contribution in [0, 0.1) is 5.92 Å². The summed E-state index contributed by atoms with van der Waals surface area (Å²) in [5.41, 5.74) is 0.836. The van der Waals surface area contributed by atoms with Crippen molar-refractivity contribution < 1.29 is 8.42 Å². The van der Waals surface area contributed by atoms with Crippen molar-refractivity contribution in [2.45, 2.75) is 148 Å². The lowest BCUT2D eigenvalue weighted by Crippen LogP contribution is -2.37. The smallest absolute Gasteiger partial charge is 0.264 e. The van der Waals surface area contributed by atoms with E-state index in [4.69, 9.17) is 0 Å². The molecule has 0 aliphatic carbocycles. The molecule has 1 unspecified atom stereocenters. The van der Waals surface area contributed by atoms with Crippen LogP contribution in [0.4, 0.5) is 5.69 Å². The maximum Gasteiger partial charge on any atom is 0.265 e. The summed E-state index contributed by atoms with van der Waals surface area (Å²) in [6.45, 7) is 18.3. The minimum Gasteiger partial charge on any atom is -0.264 e. The molecule has 0 radical (unpaired) electrons. The zero-order chi connectivity index (χ0) is 28.1. The van der Waals surface area contributed by atoms with E-state index in [-0.39, 0.29) is 10.8 Å². The molecule has 0 saturated carbocycles. The Balaban J connectivity index is 1.95. The van der Waals surface area contributed by atoms with E-state index in [1.54, 1.807) is 22.7 Å². The molecule has 2 aromatic heterocycles. The van der Waals surface area contributed by atoms with Gasteiger partial charge in [0.25, 0.3) is 10.0 Å². The van der Waals surface area contributed by atoms with E-state index >= 15 is 0 Å². The molecule has 1 aliphatic rings. The lowest BCUT2D eigenvalue weighted by molar-refractivity contribution is 0.411. The fourth-order valence-electron chi connectivity index (χ4n) is 5.27. The second kappa shape index (κ2) is 13.2. The topological polar surface area (TPSA) is 37.4 Å². The van der Waals surface area contributed by atoms with E-state index in [1.807, 2.05) is 10.4 Å². The zero-order valence-electron chi connectivity index (χ0n) is 25.4. The van der Waals surface area contributed by atoms with Crippen LogP contribution in [0.3, 0.4) is 0 Å². The van der Waals surface area contributed by atoms with E-state index in [0.717, 1.165) is 33.2 Å². The zero-order valence-corrected chi connectivity index (χ0v) is 27.9. The van der Waals surface area contributed by atoms with Crippen LogP contribution in [0.1, 0.15) is 142 Å². The molecular weight excluding hydrogens is 527 g/mol. The number of nitrogens with zero attached hydrogens (tertiary/aromatic N) is 1. The fraction of sp³-hybridized carbons (Fsp3) is 0.750. The van der Waals surface area contributed by atoms with Crippen molar-refractivity contribution in [1.29, 1.82) is 0 Å². The fourth-order valence-corrected chi connectivity index (χ4v) is 10.0. The number of sulfonamides is 1. The van der Waals surface area contributed by atoms with Gasteiger partial charge in [0.2, 0.25) is 0 Å². The summed E-state index contributed by atoms with van der Waals surface area (Å²) < 4.78 is 30.3. The average Bonchev–Trinajstić information content (AvgIpc) is 3.46. The Morgan fingerprint density at radius 3 is 1.74 bits per heavy atom. The molecule has 1 atom stereocenters. The molecule has 3 rings (SSSR count). The second-order valence-corrected chi connectivity index (χ2v) is 17.4. The van der Waals surface area contributed by atoms with Crippen LogP contribution in [-0.2, 0) is 20.9 Å². The molecule has 1 aliphatic heterocycles. The Labute approximate surface area is 242 Å². The molecule has 0 saturated heterocycles. The van der Waals surface area contributed by atoms with Crippen LogP contribution < -0.4 is 4.31 Å². The van der Waals surface area contributed by atoms with Gasteiger partial charge in [-0.05, 0) is 41.7 Å². The molecule has 38 heavy (non-hydrogen) atoms. The van der Waals surface area contributed by atoms with Crippen molar-refractivity contribution in [3.63, 3.8) is 0 Å². The van der Waals surface area contributed by atoms with Crippen molar-refractivity contribution in [3.8, 4) is 9.75 Å². The first-order valence-electron chi connectivity index (χ1n) is 15.1. The van der Waals surface area contributed by atoms with Crippen LogP contribution >= 0.6 is 22.7 Å². The summed E-state index contributed by atoms with van der Waals surface area (Å²) in [7, 11) is -3.59. The summed E-state index contributed by atoms with van der Waals surface area (Å²) in [6.07, 6.45) is 14.9. The highest BCUT2D eigenvalue weighted by Gasteiger charge is 2.41. The molecule has 6 heteroatoms. The first-order valence-corrected chi connectivity index (χ1v) is 18.2. The standard InChI is InChI=1S/C32H53NO2S3/c1-9-11-13-15-16-18-20-24(19-17-14-12-10-2)23-33-25-21-27(31(3,4)5)36-29(25)30-26(38(33,34)35)22-28(37-30)32(6,7)8/h21-22,24H,9-20,23H2,1-8H3. The van der Waals surface area contributed by atoms with Crippen molar-refractivity contribution in [3.05, 3.63) is 21.9 Å². The Hall–Kier alpha value is -0.850. The van der Waals surface area contributed by atoms with Crippen LogP contribution in [0.2, 0.25) is 0 Å². The minimum atomic E-state index is -3.59. The minimum absolute atomic E-state index is 0.0141. The summed E-state index contributed by atoms with van der Waals surface area (Å²) in [5.74, 6) is 0.404. The van der Waals surface area contributed by atoms with Crippen molar-refractivity contribution in [2.24, 2.45) is 5.92 Å². The molecule has 3 nitrogen and oxygen atoms in total. The number of hydrogen-bond donors (Lipinski definition) is 0. The number of fused-ring (bicyclic) bond motifs is 3. The maximum absolute atomic E-state index is 14.3. The van der Waals surface area contributed by atoms with Crippen LogP contribution in [-0.4, -0.2) is 15.0 Å². The summed E-state index contributed by atoms with van der Waals surface area (Å²) in [4.78, 5) is 5.05. The van der Waals surface area contributed by atoms with Crippen LogP contribution in [0.15, 0.2) is 17.0 Å². The van der Waals surface area contributed by atoms with Gasteiger partial charge < -0.3 is 0 Å². The molecule has 0 bridgehead atoms. The molecule has 216 valence electrons. The van der Waals surface area contributed by atoms with Crippen molar-refractivity contribution in [2.75, 3.05) is 10.8 Å². The second-order valence-electron chi connectivity index (χ2n) is 13.4. The van der Waals surface area contributed by atoms with Gasteiger partial charge in [0.15, 0.2) is 0 Å². The first-order chi connectivity index (χ1) is 17.8. The van der Waals surface area contributed by atoms with E-state index in [2.05, 4.69) is 61.5 Å². The molecule has 3 heterocycles. The normalized spacial score (nSPS) is 15.9. The molecular formula is C32H53NO2S3. The van der Waals surface area contributed by atoms with Crippen LogP contribution in [0.25, 0.3) is 9.75 Å². The van der Waals surface area contributed by atoms with E-state index in [1.165, 1.54) is 69.1 Å². The molecule has 2 aromatic rings. The third kappa shape index (κ3) is 7.66.